The Bertz CT molecular complexity index is 1140. The van der Waals surface area contributed by atoms with Crippen molar-refractivity contribution in [3.8, 4) is 0 Å². The fourth-order valence-electron chi connectivity index (χ4n) is 4.26. The number of ether oxygens (including phenoxy) is 2. The van der Waals surface area contributed by atoms with Crippen LogP contribution in [0.3, 0.4) is 0 Å². The van der Waals surface area contributed by atoms with E-state index in [0.717, 1.165) is 17.5 Å². The van der Waals surface area contributed by atoms with Gasteiger partial charge in [-0.3, -0.25) is 9.59 Å². The van der Waals surface area contributed by atoms with E-state index in [4.69, 9.17) is 9.47 Å². The molecule has 0 radical (unpaired) electrons. The van der Waals surface area contributed by atoms with Crippen LogP contribution >= 0.6 is 9.24 Å². The summed E-state index contributed by atoms with van der Waals surface area (Å²) in [7, 11) is 1.93. The number of hydrogen-bond donors (Lipinski definition) is 2. The fourth-order valence-corrected chi connectivity index (χ4v) is 5.74. The molecule has 190 valence electrons. The van der Waals surface area contributed by atoms with Gasteiger partial charge in [-0.05, 0) is 42.8 Å². The molecule has 0 aromatic heterocycles. The van der Waals surface area contributed by atoms with Gasteiger partial charge in [0.2, 0.25) is 15.9 Å². The normalized spacial score (nSPS) is 19.1. The van der Waals surface area contributed by atoms with Crippen LogP contribution in [-0.2, 0) is 30.7 Å². The van der Waals surface area contributed by atoms with Gasteiger partial charge in [0, 0.05) is 38.7 Å². The number of methoxy groups -OCH3 is 2. The molecule has 10 heteroatoms. The van der Waals surface area contributed by atoms with Crippen molar-refractivity contribution in [2.45, 2.75) is 42.9 Å². The topological polar surface area (TPSA) is 111 Å². The minimum Gasteiger partial charge on any atom is -0.380 e. The van der Waals surface area contributed by atoms with Crippen molar-refractivity contribution in [3.63, 3.8) is 0 Å². The molecule has 35 heavy (non-hydrogen) atoms. The Morgan fingerprint density at radius 3 is 2.40 bits per heavy atom. The molecular weight excluding hydrogens is 487 g/mol. The zero-order valence-electron chi connectivity index (χ0n) is 20.2. The number of Topliss-reactive ketones (excluding diaryl/α,β-unsaturated/α-hetero) is 1. The first kappa shape index (κ1) is 27.4. The largest absolute Gasteiger partial charge is 0.380 e. The van der Waals surface area contributed by atoms with Gasteiger partial charge in [-0.1, -0.05) is 36.4 Å². The molecule has 8 nitrogen and oxygen atoms in total. The monoisotopic (exact) mass is 520 g/mol. The summed E-state index contributed by atoms with van der Waals surface area (Å²) in [5.41, 5.74) is 2.66. The van der Waals surface area contributed by atoms with Crippen LogP contribution < -0.4 is 10.0 Å². The molecule has 0 heterocycles. The van der Waals surface area contributed by atoms with E-state index in [1.165, 1.54) is 38.3 Å². The lowest BCUT2D eigenvalue weighted by Crippen LogP contribution is -2.41. The molecule has 0 fully saturated rings. The number of fused-ring (bicyclic) bond motifs is 1. The van der Waals surface area contributed by atoms with Crippen molar-refractivity contribution >= 4 is 31.0 Å². The molecule has 0 bridgehead atoms. The molecule has 2 aromatic rings. The molecule has 1 aliphatic rings. The number of benzene rings is 2. The number of nitrogens with one attached hydrogen (secondary N) is 2. The number of carbonyl (C=O) groups excluding carboxylic acids is 2. The van der Waals surface area contributed by atoms with Gasteiger partial charge < -0.3 is 14.8 Å². The van der Waals surface area contributed by atoms with Crippen LogP contribution in [0.5, 0.6) is 0 Å². The number of sulfonamides is 1. The standard InChI is InChI=1S/C25H33N2O6PS/c1-16(28)17-8-10-21(11-9-17)35(30,31)26-14-20(32-2)12-19(15-34)25(29)27-24-22-7-5-4-6-18(22)13-23(24)33-3/h4-11,19-20,23-24,26H,12-15,34H2,1-3H3,(H,27,29). The molecule has 0 aliphatic heterocycles. The molecule has 0 saturated carbocycles. The molecule has 0 spiro atoms. The minimum atomic E-state index is -3.80. The van der Waals surface area contributed by atoms with Crippen LogP contribution in [0, 0.1) is 5.92 Å². The summed E-state index contributed by atoms with van der Waals surface area (Å²) in [6.45, 7) is 1.43. The van der Waals surface area contributed by atoms with Crippen molar-refractivity contribution in [1.29, 1.82) is 0 Å². The van der Waals surface area contributed by atoms with E-state index in [-0.39, 0.29) is 35.3 Å². The maximum atomic E-state index is 13.2. The summed E-state index contributed by atoms with van der Waals surface area (Å²) in [5.74, 6) is -0.663. The van der Waals surface area contributed by atoms with Crippen molar-refractivity contribution in [1.82, 2.24) is 10.0 Å². The maximum Gasteiger partial charge on any atom is 0.240 e. The van der Waals surface area contributed by atoms with Crippen molar-refractivity contribution in [3.05, 3.63) is 65.2 Å². The van der Waals surface area contributed by atoms with E-state index in [1.807, 2.05) is 24.3 Å². The van der Waals surface area contributed by atoms with E-state index < -0.39 is 22.0 Å². The maximum absolute atomic E-state index is 13.2. The Kier molecular flexibility index (Phi) is 9.55. The predicted octanol–water partition coefficient (Wildman–Crippen LogP) is 2.49. The van der Waals surface area contributed by atoms with Crippen LogP contribution in [0.4, 0.5) is 0 Å². The van der Waals surface area contributed by atoms with Crippen LogP contribution in [0.15, 0.2) is 53.4 Å². The van der Waals surface area contributed by atoms with Gasteiger partial charge in [0.25, 0.3) is 0 Å². The molecule has 2 aromatic carbocycles. The van der Waals surface area contributed by atoms with Gasteiger partial charge in [0.15, 0.2) is 5.78 Å². The van der Waals surface area contributed by atoms with E-state index in [9.17, 15) is 18.0 Å². The highest BCUT2D eigenvalue weighted by molar-refractivity contribution is 7.89. The molecule has 1 amide bonds. The van der Waals surface area contributed by atoms with Crippen LogP contribution in [0.2, 0.25) is 0 Å². The van der Waals surface area contributed by atoms with Gasteiger partial charge >= 0.3 is 0 Å². The third-order valence-corrected chi connectivity index (χ3v) is 8.40. The third-order valence-electron chi connectivity index (χ3n) is 6.39. The molecular formula is C25H33N2O6PS. The Hall–Kier alpha value is -2.16. The van der Waals surface area contributed by atoms with Crippen LogP contribution in [0.1, 0.15) is 40.9 Å². The second-order valence-corrected chi connectivity index (χ2v) is 10.9. The highest BCUT2D eigenvalue weighted by Gasteiger charge is 2.35. The average molecular weight is 521 g/mol. The SMILES string of the molecule is COC(CNS(=O)(=O)c1ccc(C(C)=O)cc1)CC(CP)C(=O)NC1c2ccccc2CC1OC. The fraction of sp³-hybridized carbons (Fsp3) is 0.440. The quantitative estimate of drug-likeness (QED) is 0.329. The average Bonchev–Trinajstić information content (AvgIpc) is 3.21. The minimum absolute atomic E-state index is 0.00863. The van der Waals surface area contributed by atoms with E-state index in [1.54, 1.807) is 7.11 Å². The van der Waals surface area contributed by atoms with Gasteiger partial charge in [-0.15, -0.1) is 9.24 Å². The highest BCUT2D eigenvalue weighted by atomic mass is 32.2. The summed E-state index contributed by atoms with van der Waals surface area (Å²) in [4.78, 5) is 24.6. The first-order valence-corrected chi connectivity index (χ1v) is 13.7. The predicted molar refractivity (Wildman–Crippen MR) is 137 cm³/mol. The lowest BCUT2D eigenvalue weighted by Gasteiger charge is -2.26. The van der Waals surface area contributed by atoms with E-state index in [2.05, 4.69) is 19.3 Å². The summed E-state index contributed by atoms with van der Waals surface area (Å²) in [5, 5.41) is 3.13. The van der Waals surface area contributed by atoms with E-state index >= 15 is 0 Å². The summed E-state index contributed by atoms with van der Waals surface area (Å²) >= 11 is 0. The number of ketones is 1. The Morgan fingerprint density at radius 1 is 1.11 bits per heavy atom. The van der Waals surface area contributed by atoms with Gasteiger partial charge in [-0.2, -0.15) is 0 Å². The molecule has 1 aliphatic carbocycles. The second kappa shape index (κ2) is 12.2. The smallest absolute Gasteiger partial charge is 0.240 e. The first-order chi connectivity index (χ1) is 16.7. The molecule has 5 atom stereocenters. The molecule has 3 rings (SSSR count). The van der Waals surface area contributed by atoms with Crippen LogP contribution in [0.25, 0.3) is 0 Å². The zero-order valence-corrected chi connectivity index (χ0v) is 22.2. The van der Waals surface area contributed by atoms with Crippen LogP contribution in [-0.4, -0.2) is 59.2 Å². The summed E-state index contributed by atoms with van der Waals surface area (Å²) < 4.78 is 39.0. The van der Waals surface area contributed by atoms with Crippen molar-refractivity contribution in [2.75, 3.05) is 26.9 Å². The second-order valence-electron chi connectivity index (χ2n) is 8.62. The highest BCUT2D eigenvalue weighted by Crippen LogP contribution is 2.33. The van der Waals surface area contributed by atoms with Gasteiger partial charge in [0.1, 0.15) is 0 Å². The number of carbonyl (C=O) groups is 2. The third kappa shape index (κ3) is 6.74. The van der Waals surface area contributed by atoms with E-state index in [0.29, 0.717) is 18.1 Å². The molecule has 5 unspecified atom stereocenters. The van der Waals surface area contributed by atoms with Gasteiger partial charge in [-0.25, -0.2) is 13.1 Å². The molecule has 0 saturated heterocycles. The lowest BCUT2D eigenvalue weighted by atomic mass is 10.0. The summed E-state index contributed by atoms with van der Waals surface area (Å²) in [6, 6.07) is 13.5. The number of rotatable bonds is 12. The Morgan fingerprint density at radius 2 is 1.80 bits per heavy atom. The van der Waals surface area contributed by atoms with Gasteiger partial charge in [0.05, 0.1) is 23.1 Å². The molecule has 2 N–H and O–H groups in total. The summed E-state index contributed by atoms with van der Waals surface area (Å²) in [6.07, 6.45) is 0.923. The Balaban J connectivity index is 1.62. The Labute approximate surface area is 209 Å². The lowest BCUT2D eigenvalue weighted by molar-refractivity contribution is -0.127. The number of hydrogen-bond acceptors (Lipinski definition) is 6. The van der Waals surface area contributed by atoms with Crippen molar-refractivity contribution < 1.29 is 27.5 Å². The zero-order chi connectivity index (χ0) is 25.6. The van der Waals surface area contributed by atoms with Crippen molar-refractivity contribution in [2.24, 2.45) is 5.92 Å². The first-order valence-electron chi connectivity index (χ1n) is 11.4. The number of amides is 1.